The average molecular weight is 167 g/mol. The standard InChI is InChI=1S/C12H9N/c1-2-3-4-5-6-11-7-9-12(13)10-8-11/h6-10H,1,13H2. The molecule has 1 nitrogen and oxygen atoms in total. The summed E-state index contributed by atoms with van der Waals surface area (Å²) in [6, 6.07) is 7.48. The molecule has 0 unspecified atom stereocenters. The molecule has 0 spiro atoms. The van der Waals surface area contributed by atoms with Crippen LogP contribution in [0.15, 0.2) is 53.8 Å². The fraction of sp³-hybridized carbons (Fsp3) is 0. The fourth-order valence-corrected chi connectivity index (χ4v) is 0.792. The SMILES string of the molecule is C=C=C=C=C=Cc1ccc(N)cc1. The van der Waals surface area contributed by atoms with E-state index in [-0.39, 0.29) is 0 Å². The van der Waals surface area contributed by atoms with Gasteiger partial charge in [-0.1, -0.05) is 23.6 Å². The van der Waals surface area contributed by atoms with E-state index >= 15 is 0 Å². The summed E-state index contributed by atoms with van der Waals surface area (Å²) in [5.74, 6) is 0. The highest BCUT2D eigenvalue weighted by molar-refractivity contribution is 5.52. The molecule has 1 aromatic rings. The van der Waals surface area contributed by atoms with Crippen molar-refractivity contribution in [3.63, 3.8) is 0 Å². The van der Waals surface area contributed by atoms with E-state index in [4.69, 9.17) is 5.73 Å². The molecule has 1 heteroatoms. The predicted octanol–water partition coefficient (Wildman–Crippen LogP) is 2.53. The quantitative estimate of drug-likeness (QED) is 0.504. The van der Waals surface area contributed by atoms with Crippen LogP contribution in [0.25, 0.3) is 6.08 Å². The molecule has 13 heavy (non-hydrogen) atoms. The van der Waals surface area contributed by atoms with Crippen molar-refractivity contribution in [3.05, 3.63) is 59.3 Å². The third-order valence-corrected chi connectivity index (χ3v) is 1.40. The van der Waals surface area contributed by atoms with Gasteiger partial charge in [0.1, 0.15) is 0 Å². The number of nitrogens with two attached hydrogens (primary N) is 1. The molecule has 0 radical (unpaired) electrons. The molecule has 1 aromatic carbocycles. The van der Waals surface area contributed by atoms with Gasteiger partial charge in [-0.15, -0.1) is 0 Å². The minimum absolute atomic E-state index is 0.752. The summed E-state index contributed by atoms with van der Waals surface area (Å²) >= 11 is 0. The fourth-order valence-electron chi connectivity index (χ4n) is 0.792. The molecule has 0 heterocycles. The Hall–Kier alpha value is -2.12. The van der Waals surface area contributed by atoms with Crippen molar-refractivity contribution in [1.82, 2.24) is 0 Å². The van der Waals surface area contributed by atoms with Gasteiger partial charge in [0, 0.05) is 5.69 Å². The number of rotatable bonds is 1. The van der Waals surface area contributed by atoms with Crippen LogP contribution >= 0.6 is 0 Å². The Balaban J connectivity index is 3.00. The second-order valence-electron chi connectivity index (χ2n) is 2.38. The zero-order valence-electron chi connectivity index (χ0n) is 7.17. The third kappa shape index (κ3) is 3.18. The van der Waals surface area contributed by atoms with Crippen molar-refractivity contribution in [2.75, 3.05) is 5.73 Å². The molecule has 2 N–H and O–H groups in total. The van der Waals surface area contributed by atoms with Gasteiger partial charge in [0.05, 0.1) is 0 Å². The van der Waals surface area contributed by atoms with Crippen molar-refractivity contribution in [1.29, 1.82) is 0 Å². The largest absolute Gasteiger partial charge is 0.399 e. The van der Waals surface area contributed by atoms with Gasteiger partial charge in [0.2, 0.25) is 0 Å². The number of nitrogen functional groups attached to an aromatic ring is 1. The third-order valence-electron chi connectivity index (χ3n) is 1.40. The molecule has 0 saturated carbocycles. The van der Waals surface area contributed by atoms with Crippen LogP contribution in [0.4, 0.5) is 5.69 Å². The van der Waals surface area contributed by atoms with Crippen LogP contribution in [0.1, 0.15) is 5.56 Å². The second kappa shape index (κ2) is 4.70. The maximum Gasteiger partial charge on any atom is 0.0314 e. The number of hydrogen-bond acceptors (Lipinski definition) is 1. The van der Waals surface area contributed by atoms with Crippen LogP contribution in [0.5, 0.6) is 0 Å². The lowest BCUT2D eigenvalue weighted by Gasteiger charge is -1.91. The summed E-state index contributed by atoms with van der Waals surface area (Å²) in [7, 11) is 0. The Labute approximate surface area is 77.5 Å². The van der Waals surface area contributed by atoms with Crippen LogP contribution in [-0.2, 0) is 0 Å². The van der Waals surface area contributed by atoms with E-state index in [1.54, 1.807) is 6.08 Å². The maximum atomic E-state index is 5.52. The molecule has 1 rings (SSSR count). The van der Waals surface area contributed by atoms with E-state index in [1.165, 1.54) is 0 Å². The Bertz CT molecular complexity index is 429. The molecular formula is C12H9N. The van der Waals surface area contributed by atoms with Gasteiger partial charge in [-0.2, -0.15) is 0 Å². The monoisotopic (exact) mass is 167 g/mol. The van der Waals surface area contributed by atoms with Crippen molar-refractivity contribution in [2.45, 2.75) is 0 Å². The molecule has 0 aromatic heterocycles. The lowest BCUT2D eigenvalue weighted by Crippen LogP contribution is -1.82. The molecule has 62 valence electrons. The first-order valence-electron chi connectivity index (χ1n) is 3.79. The van der Waals surface area contributed by atoms with Gasteiger partial charge < -0.3 is 5.73 Å². The molecule has 0 fully saturated rings. The van der Waals surface area contributed by atoms with E-state index in [0.29, 0.717) is 0 Å². The topological polar surface area (TPSA) is 26.0 Å². The van der Waals surface area contributed by atoms with Crippen LogP contribution in [0, 0.1) is 0 Å². The van der Waals surface area contributed by atoms with Gasteiger partial charge >= 0.3 is 0 Å². The van der Waals surface area contributed by atoms with Crippen molar-refractivity contribution >= 4 is 11.8 Å². The highest BCUT2D eigenvalue weighted by Crippen LogP contribution is 2.05. The van der Waals surface area contributed by atoms with E-state index in [9.17, 15) is 0 Å². The van der Waals surface area contributed by atoms with E-state index in [2.05, 4.69) is 29.5 Å². The number of anilines is 1. The van der Waals surface area contributed by atoms with E-state index in [0.717, 1.165) is 11.3 Å². The molecule has 0 aliphatic rings. The Kier molecular flexibility index (Phi) is 3.24. The predicted molar refractivity (Wildman–Crippen MR) is 55.0 cm³/mol. The number of benzene rings is 1. The van der Waals surface area contributed by atoms with Crippen molar-refractivity contribution in [3.8, 4) is 0 Å². The first-order valence-corrected chi connectivity index (χ1v) is 3.79. The summed E-state index contributed by atoms with van der Waals surface area (Å²) < 4.78 is 0. The summed E-state index contributed by atoms with van der Waals surface area (Å²) in [6.07, 6.45) is 1.78. The van der Waals surface area contributed by atoms with Gasteiger partial charge in [0.25, 0.3) is 0 Å². The van der Waals surface area contributed by atoms with Crippen LogP contribution in [0.2, 0.25) is 0 Å². The van der Waals surface area contributed by atoms with Gasteiger partial charge in [-0.05, 0) is 41.8 Å². The average Bonchev–Trinajstić information content (AvgIpc) is 2.15. The summed E-state index contributed by atoms with van der Waals surface area (Å²) in [4.78, 5) is 0. The lowest BCUT2D eigenvalue weighted by molar-refractivity contribution is 1.65. The van der Waals surface area contributed by atoms with E-state index < -0.39 is 0 Å². The zero-order chi connectivity index (χ0) is 9.52. The minimum atomic E-state index is 0.752. The highest BCUT2D eigenvalue weighted by Gasteiger charge is 1.84. The second-order valence-corrected chi connectivity index (χ2v) is 2.38. The summed E-state index contributed by atoms with van der Waals surface area (Å²) in [5, 5.41) is 0. The normalized spacial score (nSPS) is 7.38. The first kappa shape index (κ1) is 8.97. The molecule has 0 amide bonds. The Morgan fingerprint density at radius 1 is 1.15 bits per heavy atom. The van der Waals surface area contributed by atoms with Crippen LogP contribution in [-0.4, -0.2) is 0 Å². The molecule has 0 saturated heterocycles. The first-order chi connectivity index (χ1) is 6.33. The summed E-state index contributed by atoms with van der Waals surface area (Å²) in [6.45, 7) is 3.35. The lowest BCUT2D eigenvalue weighted by atomic mass is 10.2. The maximum absolute atomic E-state index is 5.52. The molecular weight excluding hydrogens is 158 g/mol. The van der Waals surface area contributed by atoms with Gasteiger partial charge in [-0.25, -0.2) is 0 Å². The molecule has 0 bridgehead atoms. The van der Waals surface area contributed by atoms with Crippen molar-refractivity contribution < 1.29 is 0 Å². The Morgan fingerprint density at radius 2 is 1.85 bits per heavy atom. The minimum Gasteiger partial charge on any atom is -0.399 e. The van der Waals surface area contributed by atoms with Crippen molar-refractivity contribution in [2.24, 2.45) is 0 Å². The molecule has 0 atom stereocenters. The smallest absolute Gasteiger partial charge is 0.0314 e. The van der Waals surface area contributed by atoms with Crippen LogP contribution in [0.3, 0.4) is 0 Å². The highest BCUT2D eigenvalue weighted by atomic mass is 14.5. The van der Waals surface area contributed by atoms with E-state index in [1.807, 2.05) is 24.3 Å². The van der Waals surface area contributed by atoms with Gasteiger partial charge in [-0.3, -0.25) is 0 Å². The summed E-state index contributed by atoms with van der Waals surface area (Å²) in [5.41, 5.74) is 17.7. The Morgan fingerprint density at radius 3 is 2.46 bits per heavy atom. The van der Waals surface area contributed by atoms with Gasteiger partial charge in [0.15, 0.2) is 0 Å². The zero-order valence-corrected chi connectivity index (χ0v) is 7.17. The molecule has 0 aliphatic carbocycles. The number of hydrogen-bond donors (Lipinski definition) is 1. The molecule has 0 aliphatic heterocycles. The van der Waals surface area contributed by atoms with Crippen LogP contribution < -0.4 is 5.73 Å².